The van der Waals surface area contributed by atoms with Gasteiger partial charge in [0, 0.05) is 13.1 Å². The van der Waals surface area contributed by atoms with Crippen molar-refractivity contribution in [2.24, 2.45) is 5.92 Å². The zero-order chi connectivity index (χ0) is 14.3. The normalized spacial score (nSPS) is 13.2. The topological polar surface area (TPSA) is 87.7 Å². The van der Waals surface area contributed by atoms with Crippen LogP contribution < -0.4 is 10.6 Å². The average molecular weight is 260 g/mol. The van der Waals surface area contributed by atoms with Crippen molar-refractivity contribution < 1.29 is 19.4 Å². The lowest BCUT2D eigenvalue weighted by Gasteiger charge is -2.20. The number of carboxylic acids is 1. The molecule has 1 atom stereocenters. The van der Waals surface area contributed by atoms with Gasteiger partial charge in [0.2, 0.25) is 0 Å². The molecular formula is C12H24N2O4. The molecule has 0 spiro atoms. The lowest BCUT2D eigenvalue weighted by atomic mass is 10.1. The van der Waals surface area contributed by atoms with Gasteiger partial charge in [-0.05, 0) is 26.7 Å². The zero-order valence-corrected chi connectivity index (χ0v) is 11.7. The summed E-state index contributed by atoms with van der Waals surface area (Å²) in [5.41, 5.74) is -0.529. The average Bonchev–Trinajstić information content (AvgIpc) is 2.12. The Balaban J connectivity index is 3.85. The Hall–Kier alpha value is -1.30. The largest absolute Gasteiger partial charge is 0.480 e. The lowest BCUT2D eigenvalue weighted by molar-refractivity contribution is -0.140. The van der Waals surface area contributed by atoms with E-state index in [1.807, 2.05) is 13.8 Å². The maximum absolute atomic E-state index is 11.3. The number of ether oxygens (including phenoxy) is 1. The van der Waals surface area contributed by atoms with Crippen LogP contribution in [0.3, 0.4) is 0 Å². The third kappa shape index (κ3) is 7.89. The van der Waals surface area contributed by atoms with E-state index in [1.54, 1.807) is 20.8 Å². The van der Waals surface area contributed by atoms with Crippen molar-refractivity contribution in [3.05, 3.63) is 0 Å². The van der Waals surface area contributed by atoms with Crippen molar-refractivity contribution in [1.29, 1.82) is 0 Å². The molecule has 1 unspecified atom stereocenters. The Morgan fingerprint density at radius 1 is 1.22 bits per heavy atom. The summed E-state index contributed by atoms with van der Waals surface area (Å²) in [5, 5.41) is 14.4. The summed E-state index contributed by atoms with van der Waals surface area (Å²) < 4.78 is 5.05. The summed E-state index contributed by atoms with van der Waals surface area (Å²) in [6.45, 7) is 9.71. The Bertz CT molecular complexity index is 284. The number of nitrogens with one attached hydrogen (secondary N) is 2. The zero-order valence-electron chi connectivity index (χ0n) is 11.7. The number of carbonyl (C=O) groups excluding carboxylic acids is 1. The molecule has 0 saturated carbocycles. The first-order valence-electron chi connectivity index (χ1n) is 6.06. The second-order valence-corrected chi connectivity index (χ2v) is 5.44. The monoisotopic (exact) mass is 260 g/mol. The van der Waals surface area contributed by atoms with Crippen LogP contribution in [0.1, 0.15) is 34.6 Å². The Kier molecular flexibility index (Phi) is 6.68. The van der Waals surface area contributed by atoms with Crippen LogP contribution in [-0.2, 0) is 9.53 Å². The van der Waals surface area contributed by atoms with Gasteiger partial charge in [-0.15, -0.1) is 0 Å². The molecule has 0 fully saturated rings. The number of aliphatic carboxylic acids is 1. The molecule has 0 aromatic heterocycles. The molecule has 106 valence electrons. The molecule has 6 nitrogen and oxygen atoms in total. The van der Waals surface area contributed by atoms with Crippen molar-refractivity contribution in [3.63, 3.8) is 0 Å². The summed E-state index contributed by atoms with van der Waals surface area (Å²) in [5.74, 6) is -0.897. The molecule has 1 amide bonds. The minimum Gasteiger partial charge on any atom is -0.480 e. The van der Waals surface area contributed by atoms with Crippen LogP contribution in [0.4, 0.5) is 4.79 Å². The van der Waals surface area contributed by atoms with E-state index >= 15 is 0 Å². The smallest absolute Gasteiger partial charge is 0.407 e. The van der Waals surface area contributed by atoms with Gasteiger partial charge in [-0.25, -0.2) is 4.79 Å². The summed E-state index contributed by atoms with van der Waals surface area (Å²) in [6, 6.07) is -0.606. The van der Waals surface area contributed by atoms with Gasteiger partial charge in [-0.2, -0.15) is 0 Å². The molecule has 18 heavy (non-hydrogen) atoms. The van der Waals surface area contributed by atoms with Crippen LogP contribution in [0.2, 0.25) is 0 Å². The predicted octanol–water partition coefficient (Wildman–Crippen LogP) is 1.21. The number of rotatable bonds is 6. The maximum Gasteiger partial charge on any atom is 0.407 e. The van der Waals surface area contributed by atoms with Crippen LogP contribution in [0, 0.1) is 5.92 Å². The number of hydrogen-bond acceptors (Lipinski definition) is 4. The molecule has 0 aliphatic heterocycles. The van der Waals surface area contributed by atoms with E-state index in [4.69, 9.17) is 9.84 Å². The number of carbonyl (C=O) groups is 2. The highest BCUT2D eigenvalue weighted by Crippen LogP contribution is 2.06. The highest BCUT2D eigenvalue weighted by Gasteiger charge is 2.20. The molecule has 0 saturated heterocycles. The molecule has 0 rings (SSSR count). The second kappa shape index (κ2) is 7.20. The van der Waals surface area contributed by atoms with Crippen molar-refractivity contribution in [2.45, 2.75) is 46.3 Å². The van der Waals surface area contributed by atoms with E-state index < -0.39 is 23.7 Å². The molecule has 0 heterocycles. The molecule has 0 aromatic carbocycles. The van der Waals surface area contributed by atoms with E-state index in [0.717, 1.165) is 0 Å². The molecular weight excluding hydrogens is 236 g/mol. The number of amides is 1. The Morgan fingerprint density at radius 3 is 2.17 bits per heavy atom. The van der Waals surface area contributed by atoms with E-state index in [2.05, 4.69) is 10.6 Å². The minimum absolute atomic E-state index is 0.0102. The fraction of sp³-hybridized carbons (Fsp3) is 0.833. The van der Waals surface area contributed by atoms with E-state index in [1.165, 1.54) is 0 Å². The van der Waals surface area contributed by atoms with Gasteiger partial charge < -0.3 is 20.5 Å². The van der Waals surface area contributed by atoms with Gasteiger partial charge in [0.1, 0.15) is 11.6 Å². The first-order chi connectivity index (χ1) is 8.13. The summed E-state index contributed by atoms with van der Waals surface area (Å²) in [6.07, 6.45) is -0.499. The fourth-order valence-corrected chi connectivity index (χ4v) is 1.31. The third-order valence-electron chi connectivity index (χ3n) is 2.09. The number of hydrogen-bond donors (Lipinski definition) is 3. The number of carboxylic acid groups (broad SMARTS) is 1. The number of alkyl carbamates (subject to hydrolysis) is 1. The van der Waals surface area contributed by atoms with Gasteiger partial charge >= 0.3 is 12.1 Å². The minimum atomic E-state index is -0.887. The highest BCUT2D eigenvalue weighted by molar-refractivity contribution is 5.73. The van der Waals surface area contributed by atoms with Gasteiger partial charge in [0.25, 0.3) is 0 Å². The van der Waals surface area contributed by atoms with E-state index in [0.29, 0.717) is 13.1 Å². The van der Waals surface area contributed by atoms with Crippen LogP contribution in [0.25, 0.3) is 0 Å². The molecule has 0 bridgehead atoms. The third-order valence-corrected chi connectivity index (χ3v) is 2.09. The summed E-state index contributed by atoms with van der Waals surface area (Å²) in [4.78, 5) is 22.2. The molecule has 3 N–H and O–H groups in total. The van der Waals surface area contributed by atoms with Gasteiger partial charge in [0.05, 0.1) is 0 Å². The quantitative estimate of drug-likeness (QED) is 0.625. The van der Waals surface area contributed by atoms with Crippen molar-refractivity contribution in [3.8, 4) is 0 Å². The van der Waals surface area contributed by atoms with E-state index in [9.17, 15) is 9.59 Å². The molecule has 0 aromatic rings. The molecule has 6 heteroatoms. The van der Waals surface area contributed by atoms with Crippen molar-refractivity contribution in [1.82, 2.24) is 10.6 Å². The second-order valence-electron chi connectivity index (χ2n) is 5.44. The van der Waals surface area contributed by atoms with Crippen LogP contribution in [-0.4, -0.2) is 41.9 Å². The fourth-order valence-electron chi connectivity index (χ4n) is 1.31. The molecule has 0 aliphatic rings. The Morgan fingerprint density at radius 2 is 1.78 bits per heavy atom. The highest BCUT2D eigenvalue weighted by atomic mass is 16.6. The van der Waals surface area contributed by atoms with Gasteiger partial charge in [0.15, 0.2) is 0 Å². The van der Waals surface area contributed by atoms with Crippen LogP contribution in [0.15, 0.2) is 0 Å². The maximum atomic E-state index is 11.3. The Labute approximate surface area is 108 Å². The van der Waals surface area contributed by atoms with Gasteiger partial charge in [-0.1, -0.05) is 13.8 Å². The standard InChI is InChI=1S/C12H24N2O4/c1-8(2)9(10(15)16)13-6-7-14-11(17)18-12(3,4)5/h8-9,13H,6-7H2,1-5H3,(H,14,17)(H,15,16). The first kappa shape index (κ1) is 16.7. The summed E-state index contributed by atoms with van der Waals surface area (Å²) in [7, 11) is 0. The van der Waals surface area contributed by atoms with Gasteiger partial charge in [-0.3, -0.25) is 4.79 Å². The van der Waals surface area contributed by atoms with Crippen LogP contribution in [0.5, 0.6) is 0 Å². The SMILES string of the molecule is CC(C)C(NCCNC(=O)OC(C)(C)C)C(=O)O. The molecule has 0 radical (unpaired) electrons. The van der Waals surface area contributed by atoms with Crippen LogP contribution >= 0.6 is 0 Å². The lowest BCUT2D eigenvalue weighted by Crippen LogP contribution is -2.44. The molecule has 0 aliphatic carbocycles. The van der Waals surface area contributed by atoms with Crippen molar-refractivity contribution in [2.75, 3.05) is 13.1 Å². The first-order valence-corrected chi connectivity index (χ1v) is 6.06. The van der Waals surface area contributed by atoms with E-state index in [-0.39, 0.29) is 5.92 Å². The summed E-state index contributed by atoms with van der Waals surface area (Å²) >= 11 is 0. The van der Waals surface area contributed by atoms with Crippen molar-refractivity contribution >= 4 is 12.1 Å². The predicted molar refractivity (Wildman–Crippen MR) is 68.5 cm³/mol.